The molecule has 6 heavy (non-hydrogen) atoms. The van der Waals surface area contributed by atoms with Gasteiger partial charge in [0.2, 0.25) is 0 Å². The molecule has 0 spiro atoms. The lowest BCUT2D eigenvalue weighted by Gasteiger charge is -1.83. The van der Waals surface area contributed by atoms with E-state index in [1.165, 1.54) is 0 Å². The first kappa shape index (κ1) is 3.47. The lowest BCUT2D eigenvalue weighted by molar-refractivity contribution is 1.01. The molecular weight excluding hydrogens is 74.1 g/mol. The Kier molecular flexibility index (Phi) is 0.675. The molecule has 0 bridgehead atoms. The van der Waals surface area contributed by atoms with E-state index < -0.39 is 0 Å². The van der Waals surface area contributed by atoms with Gasteiger partial charge in [-0.1, -0.05) is 6.58 Å². The van der Waals surface area contributed by atoms with Gasteiger partial charge < -0.3 is 5.32 Å². The van der Waals surface area contributed by atoms with Crippen LogP contribution in [0, 0.1) is 0 Å². The van der Waals surface area contributed by atoms with E-state index in [0.29, 0.717) is 0 Å². The summed E-state index contributed by atoms with van der Waals surface area (Å²) in [6.45, 7) is 4.64. The second-order valence-corrected chi connectivity index (χ2v) is 1.37. The fourth-order valence-corrected chi connectivity index (χ4v) is 0.426. The molecule has 0 fully saturated rings. The smallest absolute Gasteiger partial charge is 0.0389 e. The summed E-state index contributed by atoms with van der Waals surface area (Å²) in [5.41, 5.74) is 1.16. The van der Waals surface area contributed by atoms with Crippen LogP contribution in [0.3, 0.4) is 0 Å². The second kappa shape index (κ2) is 1.17. The Labute approximate surface area is 37.4 Å². The molecular formula is C5H7N. The van der Waals surface area contributed by atoms with E-state index in [1.807, 2.05) is 12.3 Å². The average Bonchev–Trinajstić information content (AvgIpc) is 1.86. The highest BCUT2D eigenvalue weighted by molar-refractivity contribution is 5.20. The molecule has 1 heteroatoms. The topological polar surface area (TPSA) is 12.0 Å². The van der Waals surface area contributed by atoms with Crippen LogP contribution in [0.1, 0.15) is 0 Å². The highest BCUT2D eigenvalue weighted by Crippen LogP contribution is 1.93. The standard InChI is InChI=1S/C5H7N/c1-5-2-3-6-4-5/h2-3,6H,1,4H2. The summed E-state index contributed by atoms with van der Waals surface area (Å²) in [7, 11) is 0. The van der Waals surface area contributed by atoms with Crippen molar-refractivity contribution in [1.82, 2.24) is 5.32 Å². The molecule has 0 aromatic carbocycles. The van der Waals surface area contributed by atoms with Crippen molar-refractivity contribution in [2.24, 2.45) is 0 Å². The molecule has 0 unspecified atom stereocenters. The van der Waals surface area contributed by atoms with Crippen LogP contribution in [0.25, 0.3) is 0 Å². The molecule has 1 heterocycles. The third kappa shape index (κ3) is 0.432. The van der Waals surface area contributed by atoms with Crippen molar-refractivity contribution in [2.75, 3.05) is 6.54 Å². The normalized spacial score (nSPS) is 18.3. The van der Waals surface area contributed by atoms with Gasteiger partial charge in [0.15, 0.2) is 0 Å². The molecule has 0 saturated heterocycles. The van der Waals surface area contributed by atoms with Crippen molar-refractivity contribution >= 4 is 0 Å². The minimum atomic E-state index is 0.931. The average molecular weight is 81.1 g/mol. The van der Waals surface area contributed by atoms with Gasteiger partial charge in [-0.2, -0.15) is 0 Å². The summed E-state index contributed by atoms with van der Waals surface area (Å²) in [5, 5.41) is 2.99. The van der Waals surface area contributed by atoms with Gasteiger partial charge in [-0.25, -0.2) is 0 Å². The van der Waals surface area contributed by atoms with Gasteiger partial charge in [0.05, 0.1) is 0 Å². The van der Waals surface area contributed by atoms with Crippen molar-refractivity contribution in [3.63, 3.8) is 0 Å². The lowest BCUT2D eigenvalue weighted by Crippen LogP contribution is -1.98. The Morgan fingerprint density at radius 3 is 2.83 bits per heavy atom. The van der Waals surface area contributed by atoms with Gasteiger partial charge in [0.25, 0.3) is 0 Å². The van der Waals surface area contributed by atoms with Gasteiger partial charge in [-0.3, -0.25) is 0 Å². The van der Waals surface area contributed by atoms with Crippen LogP contribution in [0.2, 0.25) is 0 Å². The van der Waals surface area contributed by atoms with E-state index in [2.05, 4.69) is 11.9 Å². The summed E-state index contributed by atoms with van der Waals surface area (Å²) < 4.78 is 0. The zero-order chi connectivity index (χ0) is 4.41. The molecule has 1 rings (SSSR count). The summed E-state index contributed by atoms with van der Waals surface area (Å²) >= 11 is 0. The fourth-order valence-electron chi connectivity index (χ4n) is 0.426. The molecule has 0 atom stereocenters. The number of rotatable bonds is 0. The molecule has 0 aromatic heterocycles. The van der Waals surface area contributed by atoms with E-state index in [9.17, 15) is 0 Å². The van der Waals surface area contributed by atoms with E-state index in [1.54, 1.807) is 0 Å². The first-order valence-electron chi connectivity index (χ1n) is 1.97. The zero-order valence-corrected chi connectivity index (χ0v) is 3.57. The lowest BCUT2D eigenvalue weighted by atomic mass is 10.3. The van der Waals surface area contributed by atoms with Crippen molar-refractivity contribution < 1.29 is 0 Å². The molecule has 0 saturated carbocycles. The minimum Gasteiger partial charge on any atom is -0.387 e. The Morgan fingerprint density at radius 1 is 1.83 bits per heavy atom. The van der Waals surface area contributed by atoms with E-state index >= 15 is 0 Å². The van der Waals surface area contributed by atoms with E-state index in [0.717, 1.165) is 12.1 Å². The van der Waals surface area contributed by atoms with Crippen molar-refractivity contribution in [2.45, 2.75) is 0 Å². The van der Waals surface area contributed by atoms with Gasteiger partial charge >= 0.3 is 0 Å². The number of nitrogens with one attached hydrogen (secondary N) is 1. The summed E-state index contributed by atoms with van der Waals surface area (Å²) in [6.07, 6.45) is 3.88. The van der Waals surface area contributed by atoms with Crippen LogP contribution < -0.4 is 5.32 Å². The summed E-state index contributed by atoms with van der Waals surface area (Å²) in [4.78, 5) is 0. The maximum Gasteiger partial charge on any atom is 0.0389 e. The van der Waals surface area contributed by atoms with Crippen molar-refractivity contribution in [3.05, 3.63) is 24.4 Å². The molecule has 0 radical (unpaired) electrons. The van der Waals surface area contributed by atoms with E-state index in [4.69, 9.17) is 0 Å². The van der Waals surface area contributed by atoms with Gasteiger partial charge in [0, 0.05) is 6.54 Å². The fraction of sp³-hybridized carbons (Fsp3) is 0.200. The Bertz CT molecular complexity index is 92.1. The maximum absolute atomic E-state index is 3.70. The number of hydrogen-bond acceptors (Lipinski definition) is 1. The largest absolute Gasteiger partial charge is 0.387 e. The van der Waals surface area contributed by atoms with Gasteiger partial charge in [0.1, 0.15) is 0 Å². The zero-order valence-electron chi connectivity index (χ0n) is 3.57. The molecule has 0 aromatic rings. The molecule has 32 valence electrons. The highest BCUT2D eigenvalue weighted by atomic mass is 14.8. The Balaban J connectivity index is 2.59. The summed E-state index contributed by atoms with van der Waals surface area (Å²) in [6, 6.07) is 0. The van der Waals surface area contributed by atoms with Crippen LogP contribution in [0.15, 0.2) is 24.4 Å². The quantitative estimate of drug-likeness (QED) is 0.451. The molecule has 1 aliphatic rings. The molecule has 1 N–H and O–H groups in total. The van der Waals surface area contributed by atoms with Crippen molar-refractivity contribution in [3.8, 4) is 0 Å². The van der Waals surface area contributed by atoms with Crippen LogP contribution in [-0.2, 0) is 0 Å². The molecule has 0 amide bonds. The van der Waals surface area contributed by atoms with Crippen LogP contribution >= 0.6 is 0 Å². The third-order valence-corrected chi connectivity index (χ3v) is 0.766. The van der Waals surface area contributed by atoms with Gasteiger partial charge in [-0.05, 0) is 17.8 Å². The highest BCUT2D eigenvalue weighted by Gasteiger charge is 1.89. The van der Waals surface area contributed by atoms with Crippen LogP contribution in [0.4, 0.5) is 0 Å². The predicted molar refractivity (Wildman–Crippen MR) is 26.3 cm³/mol. The predicted octanol–water partition coefficient (Wildman–Crippen LogP) is 0.659. The first-order valence-corrected chi connectivity index (χ1v) is 1.97. The second-order valence-electron chi connectivity index (χ2n) is 1.37. The molecule has 1 aliphatic heterocycles. The monoisotopic (exact) mass is 81.1 g/mol. The first-order chi connectivity index (χ1) is 2.89. The third-order valence-electron chi connectivity index (χ3n) is 0.766. The van der Waals surface area contributed by atoms with Crippen LogP contribution in [-0.4, -0.2) is 6.54 Å². The minimum absolute atomic E-state index is 0.931. The Morgan fingerprint density at radius 2 is 2.67 bits per heavy atom. The van der Waals surface area contributed by atoms with Crippen molar-refractivity contribution in [1.29, 1.82) is 0 Å². The van der Waals surface area contributed by atoms with E-state index in [-0.39, 0.29) is 0 Å². The number of hydrogen-bond donors (Lipinski definition) is 1. The maximum atomic E-state index is 3.70. The summed E-state index contributed by atoms with van der Waals surface area (Å²) in [5.74, 6) is 0. The van der Waals surface area contributed by atoms with Gasteiger partial charge in [-0.15, -0.1) is 0 Å². The SMILES string of the molecule is C=C1C=CNC1. The molecule has 1 nitrogen and oxygen atoms in total. The molecule has 0 aliphatic carbocycles. The van der Waals surface area contributed by atoms with Crippen LogP contribution in [0.5, 0.6) is 0 Å². The Hall–Kier alpha value is -0.720.